The predicted molar refractivity (Wildman–Crippen MR) is 52.1 cm³/mol. The molecule has 4 heteroatoms. The topological polar surface area (TPSA) is 49.3 Å². The van der Waals surface area contributed by atoms with Gasteiger partial charge in [-0.3, -0.25) is 10.1 Å². The third-order valence-electron chi connectivity index (χ3n) is 2.79. The van der Waals surface area contributed by atoms with Gasteiger partial charge in [0, 0.05) is 6.04 Å². The smallest absolute Gasteiger partial charge is 0.320 e. The van der Waals surface area contributed by atoms with Crippen molar-refractivity contribution in [2.45, 2.75) is 31.3 Å². The molecule has 1 heterocycles. The summed E-state index contributed by atoms with van der Waals surface area (Å²) in [5.74, 6) is -0.158. The van der Waals surface area contributed by atoms with E-state index < -0.39 is 5.97 Å². The van der Waals surface area contributed by atoms with Gasteiger partial charge >= 0.3 is 5.97 Å². The van der Waals surface area contributed by atoms with E-state index in [9.17, 15) is 4.79 Å². The highest BCUT2D eigenvalue weighted by Gasteiger charge is 2.36. The van der Waals surface area contributed by atoms with Crippen molar-refractivity contribution in [3.05, 3.63) is 12.2 Å². The van der Waals surface area contributed by atoms with Crippen molar-refractivity contribution in [2.24, 2.45) is 5.92 Å². The van der Waals surface area contributed by atoms with Crippen LogP contribution in [-0.2, 0) is 4.79 Å². The first-order chi connectivity index (χ1) is 5.77. The van der Waals surface area contributed by atoms with Crippen molar-refractivity contribution in [1.29, 1.82) is 0 Å². The van der Waals surface area contributed by atoms with Crippen LogP contribution < -0.4 is 5.32 Å². The Labute approximate surface area is 83.6 Å². The second-order valence-corrected chi connectivity index (χ2v) is 3.58. The first kappa shape index (κ1) is 10.5. The molecule has 0 aromatic carbocycles. The summed E-state index contributed by atoms with van der Waals surface area (Å²) in [7, 11) is 0. The van der Waals surface area contributed by atoms with E-state index >= 15 is 0 Å². The summed E-state index contributed by atoms with van der Waals surface area (Å²) in [5.41, 5.74) is 0. The third-order valence-corrected chi connectivity index (χ3v) is 2.79. The molecule has 2 aliphatic rings. The number of carboxylic acid groups (broad SMARTS) is 1. The lowest BCUT2D eigenvalue weighted by molar-refractivity contribution is -0.139. The maximum atomic E-state index is 10.7. The van der Waals surface area contributed by atoms with Gasteiger partial charge < -0.3 is 5.11 Å². The molecular weight excluding hydrogens is 190 g/mol. The Kier molecular flexibility index (Phi) is 3.33. The van der Waals surface area contributed by atoms with Crippen molar-refractivity contribution >= 4 is 18.4 Å². The zero-order valence-electron chi connectivity index (χ0n) is 7.27. The number of hydrogen-bond acceptors (Lipinski definition) is 2. The molecule has 1 aliphatic carbocycles. The Morgan fingerprint density at radius 3 is 2.92 bits per heavy atom. The van der Waals surface area contributed by atoms with Crippen LogP contribution in [0.2, 0.25) is 0 Å². The van der Waals surface area contributed by atoms with Gasteiger partial charge in [0.15, 0.2) is 0 Å². The molecular formula is C9H14ClNO2. The van der Waals surface area contributed by atoms with E-state index in [-0.39, 0.29) is 18.4 Å². The van der Waals surface area contributed by atoms with Gasteiger partial charge in [-0.05, 0) is 25.2 Å². The molecule has 0 aromatic rings. The van der Waals surface area contributed by atoms with Gasteiger partial charge in [-0.25, -0.2) is 0 Å². The number of allylic oxidation sites excluding steroid dienone is 1. The zero-order chi connectivity index (χ0) is 8.55. The van der Waals surface area contributed by atoms with Crippen LogP contribution in [0.3, 0.4) is 0 Å². The van der Waals surface area contributed by atoms with Crippen molar-refractivity contribution in [3.8, 4) is 0 Å². The van der Waals surface area contributed by atoms with E-state index in [1.54, 1.807) is 0 Å². The first-order valence-corrected chi connectivity index (χ1v) is 4.43. The average molecular weight is 204 g/mol. The predicted octanol–water partition coefficient (Wildman–Crippen LogP) is 1.19. The molecule has 0 spiro atoms. The SMILES string of the molecule is Cl.O=C(O)C1CC2CCC=CC2N1. The summed E-state index contributed by atoms with van der Waals surface area (Å²) < 4.78 is 0. The zero-order valence-corrected chi connectivity index (χ0v) is 8.09. The number of nitrogens with one attached hydrogen (secondary N) is 1. The molecule has 74 valence electrons. The molecule has 13 heavy (non-hydrogen) atoms. The van der Waals surface area contributed by atoms with Crippen LogP contribution in [0.15, 0.2) is 12.2 Å². The maximum absolute atomic E-state index is 10.7. The molecule has 3 unspecified atom stereocenters. The molecule has 0 saturated carbocycles. The Bertz CT molecular complexity index is 230. The molecule has 0 bridgehead atoms. The van der Waals surface area contributed by atoms with E-state index in [1.807, 2.05) is 0 Å². The van der Waals surface area contributed by atoms with Crippen LogP contribution in [0.4, 0.5) is 0 Å². The monoisotopic (exact) mass is 203 g/mol. The highest BCUT2D eigenvalue weighted by Crippen LogP contribution is 2.29. The molecule has 2 rings (SSSR count). The summed E-state index contributed by atoms with van der Waals surface area (Å²) in [6.45, 7) is 0. The van der Waals surface area contributed by atoms with Gasteiger partial charge in [-0.2, -0.15) is 0 Å². The lowest BCUT2D eigenvalue weighted by atomic mass is 9.90. The Balaban J connectivity index is 0.000000845. The van der Waals surface area contributed by atoms with Crippen LogP contribution >= 0.6 is 12.4 Å². The minimum absolute atomic E-state index is 0. The molecule has 0 amide bonds. The maximum Gasteiger partial charge on any atom is 0.320 e. The normalized spacial score (nSPS) is 36.5. The quantitative estimate of drug-likeness (QED) is 0.630. The number of fused-ring (bicyclic) bond motifs is 1. The van der Waals surface area contributed by atoms with Gasteiger partial charge in [-0.1, -0.05) is 12.2 Å². The molecule has 1 aliphatic heterocycles. The molecule has 1 saturated heterocycles. The van der Waals surface area contributed by atoms with Crippen molar-refractivity contribution < 1.29 is 9.90 Å². The number of halogens is 1. The summed E-state index contributed by atoms with van der Waals surface area (Å²) in [6.07, 6.45) is 7.28. The van der Waals surface area contributed by atoms with Gasteiger partial charge in [0.25, 0.3) is 0 Å². The summed E-state index contributed by atoms with van der Waals surface area (Å²) in [6, 6.07) is 0.00241. The van der Waals surface area contributed by atoms with E-state index in [0.29, 0.717) is 12.0 Å². The minimum Gasteiger partial charge on any atom is -0.480 e. The molecule has 0 radical (unpaired) electrons. The second kappa shape index (κ2) is 4.11. The average Bonchev–Trinajstić information content (AvgIpc) is 2.46. The lowest BCUT2D eigenvalue weighted by Crippen LogP contribution is -2.35. The van der Waals surface area contributed by atoms with E-state index in [4.69, 9.17) is 5.11 Å². The van der Waals surface area contributed by atoms with Gasteiger partial charge in [0.05, 0.1) is 0 Å². The van der Waals surface area contributed by atoms with Crippen molar-refractivity contribution in [2.75, 3.05) is 0 Å². The molecule has 1 fully saturated rings. The Morgan fingerprint density at radius 2 is 2.31 bits per heavy atom. The van der Waals surface area contributed by atoms with Crippen LogP contribution in [0.1, 0.15) is 19.3 Å². The Morgan fingerprint density at radius 1 is 1.54 bits per heavy atom. The fourth-order valence-corrected chi connectivity index (χ4v) is 2.12. The number of hydrogen-bond donors (Lipinski definition) is 2. The fourth-order valence-electron chi connectivity index (χ4n) is 2.12. The highest BCUT2D eigenvalue weighted by atomic mass is 35.5. The fraction of sp³-hybridized carbons (Fsp3) is 0.667. The van der Waals surface area contributed by atoms with Crippen molar-refractivity contribution in [3.63, 3.8) is 0 Å². The standard InChI is InChI=1S/C9H13NO2.ClH/c11-9(12)8-5-6-3-1-2-4-7(6)10-8;/h2,4,6-8,10H,1,3,5H2,(H,11,12);1H. The third kappa shape index (κ3) is 2.03. The molecule has 0 aromatic heterocycles. The number of carboxylic acids is 1. The van der Waals surface area contributed by atoms with Gasteiger partial charge in [0.2, 0.25) is 0 Å². The van der Waals surface area contributed by atoms with Crippen LogP contribution in [0.5, 0.6) is 0 Å². The molecule has 3 atom stereocenters. The number of aliphatic carboxylic acids is 1. The van der Waals surface area contributed by atoms with E-state index in [1.165, 1.54) is 0 Å². The summed E-state index contributed by atoms with van der Waals surface area (Å²) in [5, 5.41) is 11.9. The lowest BCUT2D eigenvalue weighted by Gasteiger charge is -2.18. The van der Waals surface area contributed by atoms with Crippen LogP contribution in [0.25, 0.3) is 0 Å². The van der Waals surface area contributed by atoms with Gasteiger partial charge in [0.1, 0.15) is 6.04 Å². The molecule has 2 N–H and O–H groups in total. The minimum atomic E-state index is -0.710. The second-order valence-electron chi connectivity index (χ2n) is 3.58. The first-order valence-electron chi connectivity index (χ1n) is 4.43. The number of rotatable bonds is 1. The van der Waals surface area contributed by atoms with E-state index in [2.05, 4.69) is 17.5 Å². The van der Waals surface area contributed by atoms with Crippen LogP contribution in [0, 0.1) is 5.92 Å². The number of carbonyl (C=O) groups is 1. The molecule has 3 nitrogen and oxygen atoms in total. The van der Waals surface area contributed by atoms with Gasteiger partial charge in [-0.15, -0.1) is 12.4 Å². The van der Waals surface area contributed by atoms with E-state index in [0.717, 1.165) is 19.3 Å². The summed E-state index contributed by atoms with van der Waals surface area (Å²) in [4.78, 5) is 10.7. The van der Waals surface area contributed by atoms with Crippen LogP contribution in [-0.4, -0.2) is 23.2 Å². The summed E-state index contributed by atoms with van der Waals surface area (Å²) >= 11 is 0. The largest absolute Gasteiger partial charge is 0.480 e. The Hall–Kier alpha value is -0.540. The highest BCUT2D eigenvalue weighted by molar-refractivity contribution is 5.85. The van der Waals surface area contributed by atoms with Crippen molar-refractivity contribution in [1.82, 2.24) is 5.32 Å².